The smallest absolute Gasteiger partial charge is 0.253 e. The van der Waals surface area contributed by atoms with Crippen molar-refractivity contribution >= 4 is 11.6 Å². The number of carbonyl (C=O) groups excluding carboxylic acids is 1. The summed E-state index contributed by atoms with van der Waals surface area (Å²) < 4.78 is 4.83. The summed E-state index contributed by atoms with van der Waals surface area (Å²) in [5.74, 6) is 5.17. The summed E-state index contributed by atoms with van der Waals surface area (Å²) in [5.41, 5.74) is 4.69. The predicted octanol–water partition coefficient (Wildman–Crippen LogP) is 0.360. The lowest BCUT2D eigenvalue weighted by Gasteiger charge is -2.21. The maximum absolute atomic E-state index is 12.2. The minimum Gasteiger partial charge on any atom is -0.389 e. The molecular weight excluding hydrogens is 246 g/mol. The van der Waals surface area contributed by atoms with Crippen LogP contribution in [0.1, 0.15) is 15.9 Å². The molecule has 0 aliphatic heterocycles. The molecule has 0 radical (unpaired) electrons. The molecule has 0 aliphatic rings. The van der Waals surface area contributed by atoms with Gasteiger partial charge in [-0.1, -0.05) is 0 Å². The Kier molecular flexibility index (Phi) is 5.75. The highest BCUT2D eigenvalue weighted by Gasteiger charge is 2.17. The fourth-order valence-electron chi connectivity index (χ4n) is 1.84. The van der Waals surface area contributed by atoms with Gasteiger partial charge in [0.05, 0.1) is 12.7 Å². The highest BCUT2D eigenvalue weighted by Crippen LogP contribution is 2.16. The highest BCUT2D eigenvalue weighted by molar-refractivity contribution is 5.95. The van der Waals surface area contributed by atoms with E-state index in [1.165, 1.54) is 12.0 Å². The van der Waals surface area contributed by atoms with Gasteiger partial charge in [-0.15, -0.1) is 0 Å². The molecule has 4 N–H and O–H groups in total. The van der Waals surface area contributed by atoms with Crippen LogP contribution in [-0.4, -0.2) is 49.3 Å². The zero-order chi connectivity index (χ0) is 14.4. The van der Waals surface area contributed by atoms with E-state index in [4.69, 9.17) is 10.6 Å². The van der Waals surface area contributed by atoms with Gasteiger partial charge < -0.3 is 20.2 Å². The molecule has 0 saturated carbocycles. The fraction of sp³-hybridized carbons (Fsp3) is 0.462. The molecule has 6 nitrogen and oxygen atoms in total. The molecule has 1 amide bonds. The molecule has 106 valence electrons. The van der Waals surface area contributed by atoms with Crippen LogP contribution in [0.4, 0.5) is 5.69 Å². The van der Waals surface area contributed by atoms with E-state index in [2.05, 4.69) is 5.43 Å². The number of hydrogen-bond donors (Lipinski definition) is 3. The number of aliphatic hydroxyl groups excluding tert-OH is 1. The number of nitrogens with two attached hydrogens (primary N) is 1. The number of methoxy groups -OCH3 is 1. The second-order valence-corrected chi connectivity index (χ2v) is 4.47. The van der Waals surface area contributed by atoms with Crippen LogP contribution < -0.4 is 11.3 Å². The minimum atomic E-state index is -0.691. The van der Waals surface area contributed by atoms with Crippen molar-refractivity contribution in [2.24, 2.45) is 5.84 Å². The fourth-order valence-corrected chi connectivity index (χ4v) is 1.84. The van der Waals surface area contributed by atoms with E-state index in [9.17, 15) is 9.90 Å². The first kappa shape index (κ1) is 15.4. The molecule has 0 fully saturated rings. The lowest BCUT2D eigenvalue weighted by Crippen LogP contribution is -2.36. The molecular formula is C13H21N3O3. The van der Waals surface area contributed by atoms with Gasteiger partial charge >= 0.3 is 0 Å². The Morgan fingerprint density at radius 3 is 2.79 bits per heavy atom. The standard InChI is InChI=1S/C13H21N3O3/c1-9-6-10(15-14)4-5-12(9)13(18)16(2)7-11(17)8-19-3/h4-6,11,15,17H,7-8,14H2,1-3H3. The van der Waals surface area contributed by atoms with E-state index in [0.29, 0.717) is 5.56 Å². The zero-order valence-electron chi connectivity index (χ0n) is 11.5. The van der Waals surface area contributed by atoms with Crippen LogP contribution in [0.5, 0.6) is 0 Å². The number of amides is 1. The average Bonchev–Trinajstić information content (AvgIpc) is 2.37. The van der Waals surface area contributed by atoms with E-state index in [-0.39, 0.29) is 19.1 Å². The number of anilines is 1. The van der Waals surface area contributed by atoms with Crippen LogP contribution in [0.25, 0.3) is 0 Å². The number of hydrazine groups is 1. The summed E-state index contributed by atoms with van der Waals surface area (Å²) in [7, 11) is 3.16. The van der Waals surface area contributed by atoms with Crippen molar-refractivity contribution in [2.45, 2.75) is 13.0 Å². The monoisotopic (exact) mass is 267 g/mol. The van der Waals surface area contributed by atoms with Crippen molar-refractivity contribution in [2.75, 3.05) is 32.7 Å². The van der Waals surface area contributed by atoms with Gasteiger partial charge in [0.1, 0.15) is 0 Å². The van der Waals surface area contributed by atoms with Crippen LogP contribution in [0.3, 0.4) is 0 Å². The number of benzene rings is 1. The van der Waals surface area contributed by atoms with Crippen LogP contribution in [0.15, 0.2) is 18.2 Å². The van der Waals surface area contributed by atoms with Crippen LogP contribution in [0.2, 0.25) is 0 Å². The molecule has 1 aromatic rings. The molecule has 0 spiro atoms. The lowest BCUT2D eigenvalue weighted by atomic mass is 10.1. The van der Waals surface area contributed by atoms with Gasteiger partial charge in [-0.3, -0.25) is 10.6 Å². The highest BCUT2D eigenvalue weighted by atomic mass is 16.5. The largest absolute Gasteiger partial charge is 0.389 e. The summed E-state index contributed by atoms with van der Waals surface area (Å²) in [6.07, 6.45) is -0.691. The number of nitrogens with zero attached hydrogens (tertiary/aromatic N) is 1. The average molecular weight is 267 g/mol. The summed E-state index contributed by atoms with van der Waals surface area (Å²) in [4.78, 5) is 13.7. The third kappa shape index (κ3) is 4.20. The summed E-state index contributed by atoms with van der Waals surface area (Å²) in [6.45, 7) is 2.27. The van der Waals surface area contributed by atoms with Crippen LogP contribution in [-0.2, 0) is 4.74 Å². The van der Waals surface area contributed by atoms with Crippen molar-refractivity contribution in [3.8, 4) is 0 Å². The first-order valence-corrected chi connectivity index (χ1v) is 5.99. The summed E-state index contributed by atoms with van der Waals surface area (Å²) >= 11 is 0. The second kappa shape index (κ2) is 7.08. The molecule has 1 aromatic carbocycles. The molecule has 0 bridgehead atoms. The number of rotatable bonds is 6. The van der Waals surface area contributed by atoms with Crippen molar-refractivity contribution in [1.82, 2.24) is 4.90 Å². The normalized spacial score (nSPS) is 12.1. The Labute approximate surface area is 113 Å². The van der Waals surface area contributed by atoms with Crippen molar-refractivity contribution in [1.29, 1.82) is 0 Å². The molecule has 6 heteroatoms. The Hall–Kier alpha value is -1.63. The van der Waals surface area contributed by atoms with E-state index in [1.807, 2.05) is 6.92 Å². The number of nitrogen functional groups attached to an aromatic ring is 1. The van der Waals surface area contributed by atoms with Gasteiger partial charge in [-0.2, -0.15) is 0 Å². The zero-order valence-corrected chi connectivity index (χ0v) is 11.5. The van der Waals surface area contributed by atoms with Gasteiger partial charge in [0.15, 0.2) is 0 Å². The first-order valence-electron chi connectivity index (χ1n) is 5.99. The van der Waals surface area contributed by atoms with Gasteiger partial charge in [0, 0.05) is 32.0 Å². The maximum Gasteiger partial charge on any atom is 0.253 e. The number of aryl methyl sites for hydroxylation is 1. The molecule has 19 heavy (non-hydrogen) atoms. The van der Waals surface area contributed by atoms with Gasteiger partial charge in [0.25, 0.3) is 5.91 Å². The number of ether oxygens (including phenoxy) is 1. The van der Waals surface area contributed by atoms with Crippen molar-refractivity contribution in [3.05, 3.63) is 29.3 Å². The summed E-state index contributed by atoms with van der Waals surface area (Å²) in [6, 6.07) is 5.25. The quantitative estimate of drug-likeness (QED) is 0.511. The molecule has 1 unspecified atom stereocenters. The van der Waals surface area contributed by atoms with E-state index in [0.717, 1.165) is 11.3 Å². The SMILES string of the molecule is COCC(O)CN(C)C(=O)c1ccc(NN)cc1C. The molecule has 0 saturated heterocycles. The van der Waals surface area contributed by atoms with E-state index >= 15 is 0 Å². The van der Waals surface area contributed by atoms with Gasteiger partial charge in [-0.05, 0) is 30.7 Å². The third-order valence-electron chi connectivity index (χ3n) is 2.81. The number of likely N-dealkylation sites (N-methyl/N-ethyl adjacent to an activating group) is 1. The van der Waals surface area contributed by atoms with Gasteiger partial charge in [0.2, 0.25) is 0 Å². The van der Waals surface area contributed by atoms with Crippen LogP contribution >= 0.6 is 0 Å². The van der Waals surface area contributed by atoms with E-state index in [1.54, 1.807) is 25.2 Å². The number of hydrogen-bond acceptors (Lipinski definition) is 5. The number of carbonyl (C=O) groups is 1. The Bertz CT molecular complexity index is 437. The predicted molar refractivity (Wildman–Crippen MR) is 73.8 cm³/mol. The number of nitrogens with one attached hydrogen (secondary N) is 1. The van der Waals surface area contributed by atoms with E-state index < -0.39 is 6.10 Å². The molecule has 0 aliphatic carbocycles. The van der Waals surface area contributed by atoms with Crippen molar-refractivity contribution < 1.29 is 14.6 Å². The number of aliphatic hydroxyl groups is 1. The first-order chi connectivity index (χ1) is 8.99. The topological polar surface area (TPSA) is 87.8 Å². The Balaban J connectivity index is 2.76. The molecule has 1 rings (SSSR count). The molecule has 0 heterocycles. The van der Waals surface area contributed by atoms with Crippen LogP contribution in [0, 0.1) is 6.92 Å². The lowest BCUT2D eigenvalue weighted by molar-refractivity contribution is 0.0380. The third-order valence-corrected chi connectivity index (χ3v) is 2.81. The maximum atomic E-state index is 12.2. The minimum absolute atomic E-state index is 0.142. The van der Waals surface area contributed by atoms with Crippen molar-refractivity contribution in [3.63, 3.8) is 0 Å². The molecule has 1 atom stereocenters. The second-order valence-electron chi connectivity index (χ2n) is 4.47. The van der Waals surface area contributed by atoms with Gasteiger partial charge in [-0.25, -0.2) is 0 Å². The molecule has 0 aromatic heterocycles. The Morgan fingerprint density at radius 1 is 1.58 bits per heavy atom. The summed E-state index contributed by atoms with van der Waals surface area (Å²) in [5, 5.41) is 9.62. The Morgan fingerprint density at radius 2 is 2.26 bits per heavy atom.